The number of amides is 2. The number of hydrogen-bond donors (Lipinski definition) is 4. The van der Waals surface area contributed by atoms with E-state index in [2.05, 4.69) is 9.98 Å². The molecule has 2 rings (SSSR count). The number of guanidine groups is 2. The van der Waals surface area contributed by atoms with Crippen LogP contribution in [0.1, 0.15) is 25.0 Å². The first-order valence-corrected chi connectivity index (χ1v) is 11.0. The Morgan fingerprint density at radius 1 is 0.788 bits per heavy atom. The second kappa shape index (κ2) is 10.4. The molecule has 2 amide bonds. The smallest absolute Gasteiger partial charge is 0.275 e. The first-order valence-electron chi connectivity index (χ1n) is 9.50. The Morgan fingerprint density at radius 3 is 1.91 bits per heavy atom. The van der Waals surface area contributed by atoms with Crippen LogP contribution in [-0.4, -0.2) is 32.2 Å². The van der Waals surface area contributed by atoms with Gasteiger partial charge in [-0.2, -0.15) is 9.98 Å². The van der Waals surface area contributed by atoms with Gasteiger partial charge in [-0.05, 0) is 55.3 Å². The molecule has 0 unspecified atom stereocenters. The van der Waals surface area contributed by atoms with Crippen LogP contribution >= 0.6 is 0 Å². The van der Waals surface area contributed by atoms with Gasteiger partial charge in [0.25, 0.3) is 11.8 Å². The molecule has 0 atom stereocenters. The molecule has 0 aliphatic rings. The molecule has 0 aromatic heterocycles. The molecule has 0 fully saturated rings. The standard InChI is InChI=1S/C22H24N6O4S/c1-13(19(29)27-21(23)24)10-15-6-5-8-17(12-15)33(31,32)18-9-4-3-7-16(18)11-14(2)20(30)28-22(25)26/h3-12H,1-2H3,(H4,23,24,27,29)(H4,25,26,28,30). The minimum absolute atomic E-state index is 0.00704. The van der Waals surface area contributed by atoms with Crippen LogP contribution in [0, 0.1) is 0 Å². The molecule has 0 saturated carbocycles. The quantitative estimate of drug-likeness (QED) is 0.272. The molecule has 0 aliphatic heterocycles. The van der Waals surface area contributed by atoms with Gasteiger partial charge in [0, 0.05) is 11.1 Å². The first-order chi connectivity index (χ1) is 15.4. The lowest BCUT2D eigenvalue weighted by Gasteiger charge is -2.10. The molecule has 2 aromatic carbocycles. The SMILES string of the molecule is CC(=Cc1cccc(S(=O)(=O)c2ccccc2C=C(C)C(=O)N=C(N)N)c1)C(=O)N=C(N)N. The molecule has 8 N–H and O–H groups in total. The molecule has 0 heterocycles. The zero-order valence-corrected chi connectivity index (χ0v) is 18.8. The summed E-state index contributed by atoms with van der Waals surface area (Å²) in [6.45, 7) is 2.98. The highest BCUT2D eigenvalue weighted by Gasteiger charge is 2.21. The maximum absolute atomic E-state index is 13.4. The molecule has 2 aromatic rings. The number of aliphatic imine (C=N–C) groups is 2. The second-order valence-corrected chi connectivity index (χ2v) is 8.87. The highest BCUT2D eigenvalue weighted by molar-refractivity contribution is 7.91. The van der Waals surface area contributed by atoms with E-state index >= 15 is 0 Å². The first kappa shape index (κ1) is 25.0. The summed E-state index contributed by atoms with van der Waals surface area (Å²) in [4.78, 5) is 30.8. The van der Waals surface area contributed by atoms with E-state index < -0.39 is 27.6 Å². The number of benzene rings is 2. The maximum atomic E-state index is 13.4. The normalized spacial score (nSPS) is 12.1. The predicted molar refractivity (Wildman–Crippen MR) is 127 cm³/mol. The van der Waals surface area contributed by atoms with Crippen LogP contribution < -0.4 is 22.9 Å². The zero-order valence-electron chi connectivity index (χ0n) is 18.0. The number of nitrogens with zero attached hydrogens (tertiary/aromatic N) is 2. The van der Waals surface area contributed by atoms with E-state index in [1.807, 2.05) is 0 Å². The summed E-state index contributed by atoms with van der Waals surface area (Å²) < 4.78 is 26.8. The average molecular weight is 469 g/mol. The van der Waals surface area contributed by atoms with Crippen LogP contribution in [0.25, 0.3) is 12.2 Å². The maximum Gasteiger partial charge on any atom is 0.275 e. The fourth-order valence-electron chi connectivity index (χ4n) is 2.76. The summed E-state index contributed by atoms with van der Waals surface area (Å²) in [6.07, 6.45) is 2.86. The monoisotopic (exact) mass is 468 g/mol. The fraction of sp³-hybridized carbons (Fsp3) is 0.0909. The average Bonchev–Trinajstić information content (AvgIpc) is 2.73. The fourth-order valence-corrected chi connectivity index (χ4v) is 4.26. The van der Waals surface area contributed by atoms with Crippen molar-refractivity contribution in [3.63, 3.8) is 0 Å². The third kappa shape index (κ3) is 6.61. The molecule has 0 radical (unpaired) electrons. The minimum Gasteiger partial charge on any atom is -0.370 e. The molecule has 11 heteroatoms. The molecule has 0 bridgehead atoms. The topological polar surface area (TPSA) is 197 Å². The molecule has 0 saturated heterocycles. The van der Waals surface area contributed by atoms with Gasteiger partial charge in [-0.15, -0.1) is 0 Å². The van der Waals surface area contributed by atoms with Gasteiger partial charge in [-0.1, -0.05) is 30.3 Å². The van der Waals surface area contributed by atoms with E-state index in [0.717, 1.165) is 0 Å². The van der Waals surface area contributed by atoms with Crippen molar-refractivity contribution in [1.82, 2.24) is 0 Å². The Hall–Kier alpha value is -4.25. The van der Waals surface area contributed by atoms with Gasteiger partial charge in [0.05, 0.1) is 9.79 Å². The van der Waals surface area contributed by atoms with Gasteiger partial charge in [0.15, 0.2) is 11.9 Å². The largest absolute Gasteiger partial charge is 0.370 e. The van der Waals surface area contributed by atoms with E-state index in [1.54, 1.807) is 30.3 Å². The number of carbonyl (C=O) groups is 2. The lowest BCUT2D eigenvalue weighted by molar-refractivity contribution is -0.115. The number of hydrogen-bond acceptors (Lipinski definition) is 4. The van der Waals surface area contributed by atoms with E-state index in [0.29, 0.717) is 5.56 Å². The molecule has 10 nitrogen and oxygen atoms in total. The van der Waals surface area contributed by atoms with E-state index in [4.69, 9.17) is 22.9 Å². The van der Waals surface area contributed by atoms with Crippen molar-refractivity contribution in [2.45, 2.75) is 23.6 Å². The molecular formula is C22H24N6O4S. The van der Waals surface area contributed by atoms with Crippen molar-refractivity contribution in [1.29, 1.82) is 0 Å². The molecule has 0 aliphatic carbocycles. The van der Waals surface area contributed by atoms with Gasteiger partial charge in [-0.3, -0.25) is 9.59 Å². The Bertz CT molecular complexity index is 1320. The van der Waals surface area contributed by atoms with Crippen LogP contribution in [0.2, 0.25) is 0 Å². The zero-order chi connectivity index (χ0) is 24.8. The Labute approximate surface area is 191 Å². The lowest BCUT2D eigenvalue weighted by atomic mass is 10.1. The summed E-state index contributed by atoms with van der Waals surface area (Å²) in [5.41, 5.74) is 22.0. The Kier molecular flexibility index (Phi) is 7.86. The Morgan fingerprint density at radius 2 is 1.33 bits per heavy atom. The van der Waals surface area contributed by atoms with Gasteiger partial charge < -0.3 is 22.9 Å². The van der Waals surface area contributed by atoms with Crippen LogP contribution in [0.15, 0.2) is 79.5 Å². The van der Waals surface area contributed by atoms with E-state index in [1.165, 1.54) is 44.2 Å². The van der Waals surface area contributed by atoms with Gasteiger partial charge in [0.1, 0.15) is 0 Å². The summed E-state index contributed by atoms with van der Waals surface area (Å²) >= 11 is 0. The van der Waals surface area contributed by atoms with Crippen molar-refractivity contribution in [3.05, 3.63) is 70.8 Å². The number of sulfone groups is 1. The summed E-state index contributed by atoms with van der Waals surface area (Å²) in [5, 5.41) is 0. The van der Waals surface area contributed by atoms with Crippen LogP contribution in [0.3, 0.4) is 0 Å². The van der Waals surface area contributed by atoms with Gasteiger partial charge in [-0.25, -0.2) is 8.42 Å². The third-order valence-electron chi connectivity index (χ3n) is 4.27. The second-order valence-electron chi connectivity index (χ2n) is 6.95. The highest BCUT2D eigenvalue weighted by atomic mass is 32.2. The van der Waals surface area contributed by atoms with Crippen molar-refractivity contribution >= 4 is 45.7 Å². The predicted octanol–water partition coefficient (Wildman–Crippen LogP) is 0.926. The number of rotatable bonds is 6. The molecular weight excluding hydrogens is 444 g/mol. The lowest BCUT2D eigenvalue weighted by Crippen LogP contribution is -2.24. The van der Waals surface area contributed by atoms with Crippen molar-refractivity contribution in [2.24, 2.45) is 32.9 Å². The number of carbonyl (C=O) groups excluding carboxylic acids is 2. The van der Waals surface area contributed by atoms with Crippen LogP contribution in [0.5, 0.6) is 0 Å². The molecule has 172 valence electrons. The molecule has 33 heavy (non-hydrogen) atoms. The van der Waals surface area contributed by atoms with E-state index in [-0.39, 0.29) is 32.5 Å². The highest BCUT2D eigenvalue weighted by Crippen LogP contribution is 2.27. The molecule has 0 spiro atoms. The van der Waals surface area contributed by atoms with Crippen molar-refractivity contribution in [3.8, 4) is 0 Å². The Balaban J connectivity index is 2.52. The third-order valence-corrected chi connectivity index (χ3v) is 6.09. The van der Waals surface area contributed by atoms with Crippen LogP contribution in [-0.2, 0) is 19.4 Å². The van der Waals surface area contributed by atoms with Gasteiger partial charge in [0.2, 0.25) is 9.84 Å². The van der Waals surface area contributed by atoms with Crippen LogP contribution in [0.4, 0.5) is 0 Å². The van der Waals surface area contributed by atoms with Gasteiger partial charge >= 0.3 is 0 Å². The summed E-state index contributed by atoms with van der Waals surface area (Å²) in [7, 11) is -3.98. The summed E-state index contributed by atoms with van der Waals surface area (Å²) in [5.74, 6) is -2.09. The van der Waals surface area contributed by atoms with E-state index in [9.17, 15) is 18.0 Å². The number of nitrogens with two attached hydrogens (primary N) is 4. The van der Waals surface area contributed by atoms with Crippen molar-refractivity contribution < 1.29 is 18.0 Å². The van der Waals surface area contributed by atoms with Crippen molar-refractivity contribution in [2.75, 3.05) is 0 Å². The summed E-state index contributed by atoms with van der Waals surface area (Å²) in [6, 6.07) is 12.2. The minimum atomic E-state index is -3.98.